The van der Waals surface area contributed by atoms with Crippen LogP contribution in [-0.4, -0.2) is 73.5 Å². The maximum absolute atomic E-state index is 12.9. The summed E-state index contributed by atoms with van der Waals surface area (Å²) in [5.74, 6) is -1.80. The Kier molecular flexibility index (Phi) is 5.41. The Labute approximate surface area is 199 Å². The maximum atomic E-state index is 12.9. The van der Waals surface area contributed by atoms with Crippen molar-refractivity contribution in [3.05, 3.63) is 71.8 Å². The minimum Gasteiger partial charge on any atom is -0.437 e. The largest absolute Gasteiger partial charge is 0.437 e. The third-order valence-electron chi connectivity index (χ3n) is 7.72. The Morgan fingerprint density at radius 1 is 0.706 bits per heavy atom. The molecule has 0 radical (unpaired) electrons. The van der Waals surface area contributed by atoms with Crippen molar-refractivity contribution in [2.24, 2.45) is 10.8 Å². The molecule has 4 saturated heterocycles. The zero-order chi connectivity index (χ0) is 23.2. The van der Waals surface area contributed by atoms with Gasteiger partial charge in [-0.3, -0.25) is 9.80 Å². The second-order valence-corrected chi connectivity index (χ2v) is 10.2. The summed E-state index contributed by atoms with van der Waals surface area (Å²) in [5.41, 5.74) is 2.08. The Bertz CT molecular complexity index is 969. The molecule has 0 aromatic heterocycles. The lowest BCUT2D eigenvalue weighted by molar-refractivity contribution is -0.254. The Morgan fingerprint density at radius 3 is 1.41 bits per heavy atom. The van der Waals surface area contributed by atoms with Crippen LogP contribution in [0.15, 0.2) is 60.7 Å². The number of ether oxygens (including phenoxy) is 2. The van der Waals surface area contributed by atoms with E-state index in [2.05, 4.69) is 44.7 Å². The van der Waals surface area contributed by atoms with Gasteiger partial charge in [0.05, 0.1) is 10.8 Å². The van der Waals surface area contributed by atoms with Crippen molar-refractivity contribution in [3.8, 4) is 0 Å². The zero-order valence-electron chi connectivity index (χ0n) is 19.1. The molecule has 178 valence electrons. The molecule has 2 spiro atoms. The summed E-state index contributed by atoms with van der Waals surface area (Å²) in [5, 5.41) is 6.56. The molecule has 4 aliphatic rings. The summed E-state index contributed by atoms with van der Waals surface area (Å²) in [6.45, 7) is 6.17. The third kappa shape index (κ3) is 3.71. The molecular formula is C26H30N4O4. The fraction of sp³-hybridized carbons (Fsp3) is 0.462. The number of carbonyl (C=O) groups is 2. The molecule has 34 heavy (non-hydrogen) atoms. The van der Waals surface area contributed by atoms with Crippen LogP contribution in [-0.2, 0) is 32.2 Å². The van der Waals surface area contributed by atoms with Crippen LogP contribution in [0.3, 0.4) is 0 Å². The highest BCUT2D eigenvalue weighted by molar-refractivity contribution is 6.29. The molecule has 4 fully saturated rings. The van der Waals surface area contributed by atoms with Gasteiger partial charge < -0.3 is 20.1 Å². The van der Waals surface area contributed by atoms with Gasteiger partial charge in [0.1, 0.15) is 0 Å². The summed E-state index contributed by atoms with van der Waals surface area (Å²) in [4.78, 5) is 29.9. The number of likely N-dealkylation sites (tertiary alicyclic amines) is 2. The van der Waals surface area contributed by atoms with Crippen molar-refractivity contribution in [1.82, 2.24) is 20.4 Å². The lowest BCUT2D eigenvalue weighted by atomic mass is 9.72. The molecule has 8 heteroatoms. The van der Waals surface area contributed by atoms with Crippen LogP contribution >= 0.6 is 0 Å². The van der Waals surface area contributed by atoms with Crippen LogP contribution in [0.2, 0.25) is 0 Å². The van der Waals surface area contributed by atoms with Crippen LogP contribution in [0.4, 0.5) is 0 Å². The highest BCUT2D eigenvalue weighted by atomic mass is 16.6. The van der Waals surface area contributed by atoms with E-state index in [0.717, 1.165) is 50.4 Å². The standard InChI is InChI=1S/C26H30N4O4/c31-21(33-23-25(13-27-14-25)17-29(23)11-19-7-3-1-4-8-19)22(32)34-24-26(15-28-16-26)18-30(24)12-20-9-5-2-6-10-20/h1-10,23-24,27-28H,11-18H2. The maximum Gasteiger partial charge on any atom is 0.419 e. The summed E-state index contributed by atoms with van der Waals surface area (Å²) in [7, 11) is 0. The lowest BCUT2D eigenvalue weighted by Gasteiger charge is -2.61. The molecule has 2 N–H and O–H groups in total. The van der Waals surface area contributed by atoms with Gasteiger partial charge in [-0.25, -0.2) is 9.59 Å². The Morgan fingerprint density at radius 2 is 1.09 bits per heavy atom. The molecule has 2 aromatic rings. The molecule has 8 nitrogen and oxygen atoms in total. The third-order valence-corrected chi connectivity index (χ3v) is 7.72. The predicted molar refractivity (Wildman–Crippen MR) is 124 cm³/mol. The monoisotopic (exact) mass is 462 g/mol. The first kappa shape index (κ1) is 21.7. The first-order chi connectivity index (χ1) is 16.6. The van der Waals surface area contributed by atoms with Gasteiger partial charge in [0.25, 0.3) is 0 Å². The second kappa shape index (κ2) is 8.46. The smallest absolute Gasteiger partial charge is 0.419 e. The van der Waals surface area contributed by atoms with E-state index in [1.54, 1.807) is 0 Å². The van der Waals surface area contributed by atoms with Gasteiger partial charge in [-0.15, -0.1) is 0 Å². The SMILES string of the molecule is O=C(OC1N(Cc2ccccc2)CC12CNC2)C(=O)OC1N(Cc2ccccc2)CC12CNC2. The van der Waals surface area contributed by atoms with Crippen molar-refractivity contribution in [1.29, 1.82) is 0 Å². The minimum atomic E-state index is -0.900. The van der Waals surface area contributed by atoms with Crippen molar-refractivity contribution in [3.63, 3.8) is 0 Å². The molecule has 0 saturated carbocycles. The van der Waals surface area contributed by atoms with Gasteiger partial charge in [-0.1, -0.05) is 60.7 Å². The van der Waals surface area contributed by atoms with Crippen LogP contribution in [0.25, 0.3) is 0 Å². The molecule has 2 unspecified atom stereocenters. The van der Waals surface area contributed by atoms with Gasteiger partial charge in [-0.05, 0) is 11.1 Å². The molecule has 0 aliphatic carbocycles. The topological polar surface area (TPSA) is 83.1 Å². The van der Waals surface area contributed by atoms with Crippen molar-refractivity contribution in [2.45, 2.75) is 25.5 Å². The summed E-state index contributed by atoms with van der Waals surface area (Å²) in [6.07, 6.45) is -0.842. The highest BCUT2D eigenvalue weighted by Crippen LogP contribution is 2.44. The molecule has 4 aliphatic heterocycles. The fourth-order valence-corrected chi connectivity index (χ4v) is 5.76. The van der Waals surface area contributed by atoms with Gasteiger partial charge >= 0.3 is 11.9 Å². The van der Waals surface area contributed by atoms with Gasteiger partial charge in [-0.2, -0.15) is 0 Å². The van der Waals surface area contributed by atoms with Gasteiger partial charge in [0.2, 0.25) is 0 Å². The number of benzene rings is 2. The number of rotatable bonds is 6. The molecule has 6 rings (SSSR count). The van der Waals surface area contributed by atoms with E-state index in [1.165, 1.54) is 0 Å². The second-order valence-electron chi connectivity index (χ2n) is 10.2. The van der Waals surface area contributed by atoms with E-state index >= 15 is 0 Å². The first-order valence-electron chi connectivity index (χ1n) is 12.0. The van der Waals surface area contributed by atoms with Crippen LogP contribution in [0.5, 0.6) is 0 Å². The number of carbonyl (C=O) groups excluding carboxylic acids is 2. The van der Waals surface area contributed by atoms with E-state index in [9.17, 15) is 9.59 Å². The van der Waals surface area contributed by atoms with E-state index in [0.29, 0.717) is 13.1 Å². The van der Waals surface area contributed by atoms with Crippen LogP contribution in [0.1, 0.15) is 11.1 Å². The number of esters is 2. The fourth-order valence-electron chi connectivity index (χ4n) is 5.76. The van der Waals surface area contributed by atoms with Gasteiger partial charge in [0, 0.05) is 52.4 Å². The lowest BCUT2D eigenvalue weighted by Crippen LogP contribution is -2.78. The molecule has 0 amide bonds. The average Bonchev–Trinajstić information content (AvgIpc) is 2.79. The summed E-state index contributed by atoms with van der Waals surface area (Å²) in [6, 6.07) is 20.2. The van der Waals surface area contributed by atoms with E-state index < -0.39 is 24.4 Å². The normalized spacial score (nSPS) is 26.6. The van der Waals surface area contributed by atoms with Crippen molar-refractivity contribution in [2.75, 3.05) is 39.3 Å². The van der Waals surface area contributed by atoms with E-state index in [4.69, 9.17) is 9.47 Å². The Balaban J connectivity index is 1.10. The quantitative estimate of drug-likeness (QED) is 0.485. The number of nitrogens with zero attached hydrogens (tertiary/aromatic N) is 2. The predicted octanol–water partition coefficient (Wildman–Crippen LogP) is 0.936. The minimum absolute atomic E-state index is 0.111. The van der Waals surface area contributed by atoms with E-state index in [1.807, 2.05) is 36.4 Å². The van der Waals surface area contributed by atoms with Crippen molar-refractivity contribution >= 4 is 11.9 Å². The Hall–Kier alpha value is -2.78. The average molecular weight is 463 g/mol. The number of hydrogen-bond acceptors (Lipinski definition) is 8. The molecule has 4 heterocycles. The van der Waals surface area contributed by atoms with Crippen LogP contribution < -0.4 is 10.6 Å². The summed E-state index contributed by atoms with van der Waals surface area (Å²) < 4.78 is 11.5. The van der Waals surface area contributed by atoms with E-state index in [-0.39, 0.29) is 10.8 Å². The highest BCUT2D eigenvalue weighted by Gasteiger charge is 2.60. The summed E-state index contributed by atoms with van der Waals surface area (Å²) >= 11 is 0. The molecular weight excluding hydrogens is 432 g/mol. The number of hydrogen-bond donors (Lipinski definition) is 2. The van der Waals surface area contributed by atoms with Gasteiger partial charge in [0.15, 0.2) is 12.5 Å². The zero-order valence-corrected chi connectivity index (χ0v) is 19.1. The first-order valence-corrected chi connectivity index (χ1v) is 12.0. The molecule has 0 bridgehead atoms. The van der Waals surface area contributed by atoms with Crippen molar-refractivity contribution < 1.29 is 19.1 Å². The molecule has 2 aromatic carbocycles. The number of nitrogens with one attached hydrogen (secondary N) is 2. The molecule has 2 atom stereocenters. The van der Waals surface area contributed by atoms with Crippen LogP contribution in [0, 0.1) is 10.8 Å².